The number of aryl methyl sites for hydroxylation is 1. The maximum Gasteiger partial charge on any atom is 0.0784 e. The Hall–Kier alpha value is -3.19. The van der Waals surface area contributed by atoms with Crippen LogP contribution in [-0.2, 0) is 6.42 Å². The summed E-state index contributed by atoms with van der Waals surface area (Å²) in [6, 6.07) is 26.3. The number of benzene rings is 4. The highest BCUT2D eigenvalue weighted by Gasteiger charge is 2.24. The summed E-state index contributed by atoms with van der Waals surface area (Å²) in [5, 5.41) is 6.37. The van der Waals surface area contributed by atoms with E-state index in [1.807, 2.05) is 0 Å². The Balaban J connectivity index is 1.74. The fourth-order valence-electron chi connectivity index (χ4n) is 4.53. The van der Waals surface area contributed by atoms with Crippen LogP contribution in [0.3, 0.4) is 0 Å². The zero-order valence-corrected chi connectivity index (χ0v) is 14.6. The van der Waals surface area contributed by atoms with Crippen molar-refractivity contribution in [2.75, 3.05) is 0 Å². The van der Waals surface area contributed by atoms with Crippen LogP contribution in [0.5, 0.6) is 0 Å². The minimum absolute atomic E-state index is 0.931. The SMILES string of the molecule is Cc1cc2ccccc2c2c1Cc1nc3c(ccc4ccccc43)cc1-2. The average Bonchev–Trinajstić information content (AvgIpc) is 3.06. The molecule has 0 bridgehead atoms. The highest BCUT2D eigenvalue weighted by molar-refractivity contribution is 6.08. The van der Waals surface area contributed by atoms with E-state index >= 15 is 0 Å². The van der Waals surface area contributed by atoms with Crippen LogP contribution in [0.4, 0.5) is 0 Å². The number of hydrogen-bond donors (Lipinski definition) is 0. The third kappa shape index (κ3) is 1.78. The molecule has 122 valence electrons. The Morgan fingerprint density at radius 2 is 1.46 bits per heavy atom. The quantitative estimate of drug-likeness (QED) is 0.293. The molecule has 0 fully saturated rings. The van der Waals surface area contributed by atoms with E-state index in [0.29, 0.717) is 0 Å². The topological polar surface area (TPSA) is 12.9 Å². The van der Waals surface area contributed by atoms with Gasteiger partial charge in [0.15, 0.2) is 0 Å². The fraction of sp³-hybridized carbons (Fsp3) is 0.0800. The Bertz CT molecular complexity index is 1360. The second-order valence-corrected chi connectivity index (χ2v) is 7.29. The molecule has 1 nitrogen and oxygen atoms in total. The predicted molar refractivity (Wildman–Crippen MR) is 110 cm³/mol. The van der Waals surface area contributed by atoms with Crippen LogP contribution in [0.25, 0.3) is 43.6 Å². The minimum Gasteiger partial charge on any atom is -0.251 e. The van der Waals surface area contributed by atoms with E-state index in [4.69, 9.17) is 4.98 Å². The molecule has 5 aromatic rings. The van der Waals surface area contributed by atoms with Crippen molar-refractivity contribution in [1.29, 1.82) is 0 Å². The molecule has 0 aliphatic heterocycles. The van der Waals surface area contributed by atoms with Gasteiger partial charge in [-0.25, -0.2) is 0 Å². The molecule has 0 amide bonds. The minimum atomic E-state index is 0.931. The second-order valence-electron chi connectivity index (χ2n) is 7.29. The van der Waals surface area contributed by atoms with E-state index in [0.717, 1.165) is 11.9 Å². The van der Waals surface area contributed by atoms with Crippen LogP contribution in [0.2, 0.25) is 0 Å². The summed E-state index contributed by atoms with van der Waals surface area (Å²) in [5.41, 5.74) is 7.83. The normalized spacial score (nSPS) is 12.7. The maximum absolute atomic E-state index is 5.15. The molecular formula is C25H17N. The van der Waals surface area contributed by atoms with Crippen LogP contribution in [-0.4, -0.2) is 4.98 Å². The lowest BCUT2D eigenvalue weighted by Gasteiger charge is -2.10. The summed E-state index contributed by atoms with van der Waals surface area (Å²) in [4.78, 5) is 5.15. The summed E-state index contributed by atoms with van der Waals surface area (Å²) >= 11 is 0. The standard InChI is InChI=1S/C25H17N/c1-15-12-17-7-3-4-8-19(17)24-21(15)14-23-22(24)13-18-11-10-16-6-2-5-9-20(16)25(18)26-23/h2-13H,14H2,1H3. The Morgan fingerprint density at radius 3 is 2.35 bits per heavy atom. The number of aromatic nitrogens is 1. The van der Waals surface area contributed by atoms with Gasteiger partial charge in [-0.05, 0) is 45.8 Å². The van der Waals surface area contributed by atoms with Crippen LogP contribution in [0.1, 0.15) is 16.8 Å². The van der Waals surface area contributed by atoms with E-state index < -0.39 is 0 Å². The van der Waals surface area contributed by atoms with Crippen molar-refractivity contribution >= 4 is 32.4 Å². The van der Waals surface area contributed by atoms with E-state index in [1.54, 1.807) is 0 Å². The van der Waals surface area contributed by atoms with Gasteiger partial charge in [0.05, 0.1) is 11.2 Å². The molecule has 0 unspecified atom stereocenters. The van der Waals surface area contributed by atoms with Crippen molar-refractivity contribution in [2.24, 2.45) is 0 Å². The summed E-state index contributed by atoms with van der Waals surface area (Å²) in [6.07, 6.45) is 0.931. The molecule has 0 saturated heterocycles. The van der Waals surface area contributed by atoms with Crippen molar-refractivity contribution in [3.63, 3.8) is 0 Å². The van der Waals surface area contributed by atoms with E-state index in [2.05, 4.69) is 79.7 Å². The van der Waals surface area contributed by atoms with E-state index in [1.165, 1.54) is 54.9 Å². The summed E-state index contributed by atoms with van der Waals surface area (Å²) in [6.45, 7) is 2.23. The first kappa shape index (κ1) is 14.0. The largest absolute Gasteiger partial charge is 0.251 e. The van der Waals surface area contributed by atoms with Gasteiger partial charge in [0.25, 0.3) is 0 Å². The zero-order chi connectivity index (χ0) is 17.3. The molecule has 26 heavy (non-hydrogen) atoms. The predicted octanol–water partition coefficient (Wildman–Crippen LogP) is 6.42. The van der Waals surface area contributed by atoms with Gasteiger partial charge in [-0.1, -0.05) is 66.7 Å². The summed E-state index contributed by atoms with van der Waals surface area (Å²) < 4.78 is 0. The van der Waals surface area contributed by atoms with Gasteiger partial charge in [-0.2, -0.15) is 0 Å². The summed E-state index contributed by atoms with van der Waals surface area (Å²) in [7, 11) is 0. The van der Waals surface area contributed by atoms with Crippen molar-refractivity contribution in [3.05, 3.63) is 89.6 Å². The highest BCUT2D eigenvalue weighted by atomic mass is 14.7. The zero-order valence-electron chi connectivity index (χ0n) is 14.6. The Labute approximate surface area is 151 Å². The molecule has 1 aliphatic carbocycles. The lowest BCUT2D eigenvalue weighted by atomic mass is 9.94. The molecule has 1 aliphatic rings. The molecule has 0 saturated carbocycles. The van der Waals surface area contributed by atoms with Crippen LogP contribution in [0.15, 0.2) is 72.8 Å². The van der Waals surface area contributed by atoms with Crippen molar-refractivity contribution in [2.45, 2.75) is 13.3 Å². The highest BCUT2D eigenvalue weighted by Crippen LogP contribution is 2.44. The molecule has 6 rings (SSSR count). The smallest absolute Gasteiger partial charge is 0.0784 e. The van der Waals surface area contributed by atoms with Gasteiger partial charge in [-0.15, -0.1) is 0 Å². The molecule has 1 aromatic heterocycles. The molecule has 0 atom stereocenters. The van der Waals surface area contributed by atoms with Crippen LogP contribution in [0, 0.1) is 6.92 Å². The number of hydrogen-bond acceptors (Lipinski definition) is 1. The monoisotopic (exact) mass is 331 g/mol. The first-order chi connectivity index (χ1) is 12.8. The average molecular weight is 331 g/mol. The van der Waals surface area contributed by atoms with E-state index in [9.17, 15) is 0 Å². The van der Waals surface area contributed by atoms with Gasteiger partial charge >= 0.3 is 0 Å². The number of fused-ring (bicyclic) bond motifs is 8. The van der Waals surface area contributed by atoms with Gasteiger partial charge in [0, 0.05) is 22.8 Å². The molecule has 1 heteroatoms. The Morgan fingerprint density at radius 1 is 0.731 bits per heavy atom. The van der Waals surface area contributed by atoms with Crippen molar-refractivity contribution in [1.82, 2.24) is 4.98 Å². The third-order valence-electron chi connectivity index (χ3n) is 5.78. The number of nitrogens with zero attached hydrogens (tertiary/aromatic N) is 1. The summed E-state index contributed by atoms with van der Waals surface area (Å²) in [5.74, 6) is 0. The van der Waals surface area contributed by atoms with Crippen molar-refractivity contribution < 1.29 is 0 Å². The fourth-order valence-corrected chi connectivity index (χ4v) is 4.53. The first-order valence-electron chi connectivity index (χ1n) is 9.12. The second kappa shape index (κ2) is 4.92. The lowest BCUT2D eigenvalue weighted by Crippen LogP contribution is -1.90. The third-order valence-corrected chi connectivity index (χ3v) is 5.78. The molecule has 4 aromatic carbocycles. The maximum atomic E-state index is 5.15. The number of pyridine rings is 1. The van der Waals surface area contributed by atoms with E-state index in [-0.39, 0.29) is 0 Å². The van der Waals surface area contributed by atoms with Gasteiger partial charge in [0.2, 0.25) is 0 Å². The lowest BCUT2D eigenvalue weighted by molar-refractivity contribution is 1.14. The molecule has 0 radical (unpaired) electrons. The van der Waals surface area contributed by atoms with Crippen molar-refractivity contribution in [3.8, 4) is 11.1 Å². The number of rotatable bonds is 0. The molecule has 1 heterocycles. The van der Waals surface area contributed by atoms with Gasteiger partial charge < -0.3 is 0 Å². The molecule has 0 spiro atoms. The van der Waals surface area contributed by atoms with Crippen LogP contribution >= 0.6 is 0 Å². The van der Waals surface area contributed by atoms with Gasteiger partial charge in [-0.3, -0.25) is 4.98 Å². The van der Waals surface area contributed by atoms with Gasteiger partial charge in [0.1, 0.15) is 0 Å². The van der Waals surface area contributed by atoms with Crippen LogP contribution < -0.4 is 0 Å². The molecule has 0 N–H and O–H groups in total. The Kier molecular flexibility index (Phi) is 2.66. The molecular weight excluding hydrogens is 314 g/mol. The first-order valence-corrected chi connectivity index (χ1v) is 9.12.